The van der Waals surface area contributed by atoms with E-state index in [1.807, 2.05) is 6.26 Å². The van der Waals surface area contributed by atoms with Crippen LogP contribution in [0.3, 0.4) is 0 Å². The first kappa shape index (κ1) is 33.2. The minimum atomic E-state index is -2.16. The number of hydrogen-bond acceptors (Lipinski definition) is 2. The fourth-order valence-corrected chi connectivity index (χ4v) is 20.9. The second-order valence-electron chi connectivity index (χ2n) is 11.6. The molecule has 3 heteroatoms. The number of rotatable bonds is 20. The van der Waals surface area contributed by atoms with Gasteiger partial charge < -0.3 is 0 Å². The van der Waals surface area contributed by atoms with Crippen molar-refractivity contribution in [3.05, 3.63) is 120 Å². The Kier molecular flexibility index (Phi) is 16.0. The van der Waals surface area contributed by atoms with Gasteiger partial charge in [0.2, 0.25) is 0 Å². The average Bonchev–Trinajstić information content (AvgIpc) is 3.03. The molecule has 3 aromatic carbocycles. The van der Waals surface area contributed by atoms with E-state index in [9.17, 15) is 0 Å². The van der Waals surface area contributed by atoms with Crippen molar-refractivity contribution in [2.75, 3.05) is 6.61 Å². The van der Waals surface area contributed by atoms with Crippen molar-refractivity contribution in [1.29, 1.82) is 0 Å². The molecule has 0 radical (unpaired) electrons. The van der Waals surface area contributed by atoms with Crippen LogP contribution in [0.1, 0.15) is 94.4 Å². The number of aliphatic imine (C=N–C) groups is 1. The van der Waals surface area contributed by atoms with Crippen LogP contribution in [0.5, 0.6) is 0 Å². The maximum absolute atomic E-state index is 6.28. The third-order valence-electron chi connectivity index (χ3n) is 8.37. The summed E-state index contributed by atoms with van der Waals surface area (Å²) in [7, 11) is 0. The molecule has 3 aromatic rings. The van der Waals surface area contributed by atoms with Gasteiger partial charge in [0.15, 0.2) is 0 Å². The van der Waals surface area contributed by atoms with Gasteiger partial charge in [-0.1, -0.05) is 36.4 Å². The van der Waals surface area contributed by atoms with Crippen LogP contribution in [-0.2, 0) is 4.74 Å². The predicted octanol–water partition coefficient (Wildman–Crippen LogP) is 11.4. The molecule has 0 amide bonds. The Morgan fingerprint density at radius 3 is 1.59 bits per heavy atom. The molecule has 0 aliphatic carbocycles. The van der Waals surface area contributed by atoms with Gasteiger partial charge in [-0.05, 0) is 0 Å². The van der Waals surface area contributed by atoms with Gasteiger partial charge in [-0.2, -0.15) is 0 Å². The summed E-state index contributed by atoms with van der Waals surface area (Å²) in [6, 6.07) is 32.0. The molecule has 1 atom stereocenters. The predicted molar refractivity (Wildman–Crippen MR) is 182 cm³/mol. The van der Waals surface area contributed by atoms with E-state index < -0.39 is 18.4 Å². The summed E-state index contributed by atoms with van der Waals surface area (Å²) in [4.78, 5) is 5.10. The topological polar surface area (TPSA) is 21.6 Å². The Bertz CT molecular complexity index is 1050. The van der Waals surface area contributed by atoms with Crippen LogP contribution in [0.25, 0.3) is 0 Å². The maximum atomic E-state index is 6.28. The van der Waals surface area contributed by atoms with E-state index in [1.165, 1.54) is 59.7 Å². The van der Waals surface area contributed by atoms with E-state index in [-0.39, 0.29) is 12.0 Å². The molecule has 41 heavy (non-hydrogen) atoms. The Hall–Kier alpha value is -2.33. The zero-order valence-electron chi connectivity index (χ0n) is 25.9. The van der Waals surface area contributed by atoms with Crippen molar-refractivity contribution >= 4 is 24.6 Å². The molecule has 1 unspecified atom stereocenters. The second-order valence-corrected chi connectivity index (χ2v) is 25.6. The van der Waals surface area contributed by atoms with Crippen LogP contribution in [0.2, 0.25) is 17.7 Å². The Balaban J connectivity index is 1.68. The first-order valence-corrected chi connectivity index (χ1v) is 24.2. The van der Waals surface area contributed by atoms with Gasteiger partial charge in [0.05, 0.1) is 0 Å². The van der Waals surface area contributed by atoms with Gasteiger partial charge in [0.25, 0.3) is 0 Å². The molecule has 220 valence electrons. The van der Waals surface area contributed by atoms with Gasteiger partial charge >= 0.3 is 220 Å². The van der Waals surface area contributed by atoms with E-state index in [0.29, 0.717) is 6.61 Å². The molecule has 0 aromatic heterocycles. The second kappa shape index (κ2) is 19.7. The number of allylic oxidation sites excluding steroid dienone is 1. The molecular formula is C38H53NOSn. The van der Waals surface area contributed by atoms with Crippen LogP contribution in [0.15, 0.2) is 108 Å². The monoisotopic (exact) mass is 659 g/mol. The zero-order chi connectivity index (χ0) is 29.0. The van der Waals surface area contributed by atoms with E-state index in [0.717, 1.165) is 6.42 Å². The standard InChI is InChI=1S/C26H26NO.3C4H9.Sn/c1-2-20-28-21-25(22-12-6-3-7-13-22)18-19-27-26(23-14-8-4-9-15-23)24-16-10-5-11-17-24;3*1-3-4-2;/h2-17,19-20,25-26H,1,18,21H2;3*1,3-4H2,2H3;/b20-2-,27-19?;;;;. The quantitative estimate of drug-likeness (QED) is 0.0673. The van der Waals surface area contributed by atoms with Gasteiger partial charge in [-0.3, -0.25) is 0 Å². The average molecular weight is 659 g/mol. The van der Waals surface area contributed by atoms with Crippen LogP contribution >= 0.6 is 0 Å². The van der Waals surface area contributed by atoms with Crippen molar-refractivity contribution < 1.29 is 4.74 Å². The van der Waals surface area contributed by atoms with E-state index >= 15 is 0 Å². The van der Waals surface area contributed by atoms with Crippen molar-refractivity contribution in [2.45, 2.75) is 95.4 Å². The van der Waals surface area contributed by atoms with Crippen LogP contribution < -0.4 is 0 Å². The number of nitrogens with zero attached hydrogens (tertiary/aromatic N) is 1. The Morgan fingerprint density at radius 2 is 1.12 bits per heavy atom. The summed E-state index contributed by atoms with van der Waals surface area (Å²) in [5, 5.41) is 0. The summed E-state index contributed by atoms with van der Waals surface area (Å²) in [5.74, 6) is 0.269. The molecule has 0 saturated heterocycles. The van der Waals surface area contributed by atoms with E-state index in [1.54, 1.807) is 13.3 Å². The number of benzene rings is 3. The van der Waals surface area contributed by atoms with Gasteiger partial charge in [0, 0.05) is 0 Å². The van der Waals surface area contributed by atoms with Crippen molar-refractivity contribution in [3.63, 3.8) is 0 Å². The van der Waals surface area contributed by atoms with Crippen molar-refractivity contribution in [1.82, 2.24) is 0 Å². The fraction of sp³-hybridized carbons (Fsp3) is 0.447. The van der Waals surface area contributed by atoms with Crippen LogP contribution in [0.4, 0.5) is 0 Å². The van der Waals surface area contributed by atoms with Crippen LogP contribution in [0, 0.1) is 0 Å². The molecule has 0 aliphatic heterocycles. The van der Waals surface area contributed by atoms with E-state index in [4.69, 9.17) is 9.73 Å². The minimum absolute atomic E-state index is 0.00428. The summed E-state index contributed by atoms with van der Waals surface area (Å²) < 4.78 is 12.2. The molecule has 0 bridgehead atoms. The van der Waals surface area contributed by atoms with Crippen molar-refractivity contribution in [2.24, 2.45) is 4.99 Å². The number of ether oxygens (including phenoxy) is 1. The first-order chi connectivity index (χ1) is 20.2. The fourth-order valence-electron chi connectivity index (χ4n) is 5.83. The molecule has 0 spiro atoms. The molecule has 0 fully saturated rings. The normalized spacial score (nSPS) is 12.9. The molecule has 3 rings (SSSR count). The summed E-state index contributed by atoms with van der Waals surface area (Å²) in [6.07, 6.45) is 15.7. The van der Waals surface area contributed by atoms with Gasteiger partial charge in [0.1, 0.15) is 0 Å². The van der Waals surface area contributed by atoms with E-state index in [2.05, 4.69) is 124 Å². The summed E-state index contributed by atoms with van der Waals surface area (Å²) in [6.45, 7) is 7.73. The van der Waals surface area contributed by atoms with Gasteiger partial charge in [-0.15, -0.1) is 0 Å². The third kappa shape index (κ3) is 11.8. The van der Waals surface area contributed by atoms with Crippen molar-refractivity contribution in [3.8, 4) is 0 Å². The number of unbranched alkanes of at least 4 members (excludes halogenated alkanes) is 3. The molecular weight excluding hydrogens is 605 g/mol. The Labute approximate surface area is 255 Å². The summed E-state index contributed by atoms with van der Waals surface area (Å²) >= 11 is -2.16. The Morgan fingerprint density at radius 1 is 0.659 bits per heavy atom. The SMILES string of the molecule is CCC[CH2][Sn]([CH2]/C=C\OCC(CC=NC(c1ccccc1)c1ccccc1)c1ccccc1)([CH2]CCC)[CH2]CCC. The zero-order valence-corrected chi connectivity index (χ0v) is 28.7. The molecule has 0 aliphatic rings. The molecule has 0 saturated carbocycles. The third-order valence-corrected chi connectivity index (χ3v) is 23.6. The van der Waals surface area contributed by atoms with Gasteiger partial charge in [-0.25, -0.2) is 0 Å². The first-order valence-electron chi connectivity index (χ1n) is 16.1. The molecule has 0 heterocycles. The number of hydrogen-bond donors (Lipinski definition) is 0. The van der Waals surface area contributed by atoms with Crippen LogP contribution in [-0.4, -0.2) is 31.2 Å². The summed E-state index contributed by atoms with van der Waals surface area (Å²) in [5.41, 5.74) is 3.74. The molecule has 2 nitrogen and oxygen atoms in total. The molecule has 0 N–H and O–H groups in total.